The lowest BCUT2D eigenvalue weighted by Gasteiger charge is -2.25. The summed E-state index contributed by atoms with van der Waals surface area (Å²) >= 11 is 7.07. The first-order valence-electron chi connectivity index (χ1n) is 8.17. The first-order valence-corrected chi connectivity index (χ1v) is 9.40. The summed E-state index contributed by atoms with van der Waals surface area (Å²) in [5.41, 5.74) is 3.28. The summed E-state index contributed by atoms with van der Waals surface area (Å²) < 4.78 is 1.03. The van der Waals surface area contributed by atoms with Crippen molar-refractivity contribution in [2.24, 2.45) is 0 Å². The van der Waals surface area contributed by atoms with Crippen LogP contribution in [-0.2, 0) is 0 Å². The minimum Gasteiger partial charge on any atom is -0.289 e. The van der Waals surface area contributed by atoms with Gasteiger partial charge in [-0.3, -0.25) is 9.59 Å². The van der Waals surface area contributed by atoms with Crippen LogP contribution >= 0.6 is 23.6 Å². The maximum absolute atomic E-state index is 13.2. The molecule has 3 nitrogen and oxygen atoms in total. The van der Waals surface area contributed by atoms with E-state index in [9.17, 15) is 9.59 Å². The zero-order valence-corrected chi connectivity index (χ0v) is 15.1. The average Bonchev–Trinajstić information content (AvgIpc) is 3.09. The minimum atomic E-state index is -0.150. The third-order valence-corrected chi connectivity index (χ3v) is 6.11. The van der Waals surface area contributed by atoms with Crippen molar-refractivity contribution >= 4 is 55.8 Å². The highest BCUT2D eigenvalue weighted by Gasteiger charge is 2.37. The maximum Gasteiger partial charge on any atom is 0.195 e. The molecule has 0 atom stereocenters. The third kappa shape index (κ3) is 2.11. The van der Waals surface area contributed by atoms with Crippen LogP contribution in [0.1, 0.15) is 32.1 Å². The number of hydrogen-bond acceptors (Lipinski definition) is 5. The number of ketones is 2. The summed E-state index contributed by atoms with van der Waals surface area (Å²) in [5, 5.41) is 0.706. The third-order valence-electron chi connectivity index (χ3n) is 4.69. The monoisotopic (exact) mass is 373 g/mol. The van der Waals surface area contributed by atoms with Gasteiger partial charge in [0.2, 0.25) is 0 Å². The number of para-hydroxylation sites is 1. The summed E-state index contributed by atoms with van der Waals surface area (Å²) in [4.78, 5) is 31.5. The van der Waals surface area contributed by atoms with Crippen molar-refractivity contribution in [2.75, 3.05) is 0 Å². The number of hydrogen-bond donors (Lipinski definition) is 0. The fourth-order valence-electron chi connectivity index (χ4n) is 3.48. The SMILES string of the molecule is O=C1C2=CCC(=S)C(c3nc4ccccc4s3)=C2C(=O)c2ccccc21. The van der Waals surface area contributed by atoms with Crippen LogP contribution in [0.4, 0.5) is 0 Å². The van der Waals surface area contributed by atoms with Crippen molar-refractivity contribution in [2.45, 2.75) is 6.42 Å². The maximum atomic E-state index is 13.2. The molecule has 2 aliphatic carbocycles. The van der Waals surface area contributed by atoms with E-state index in [-0.39, 0.29) is 11.6 Å². The number of allylic oxidation sites excluding steroid dienone is 4. The molecule has 0 radical (unpaired) electrons. The van der Waals surface area contributed by atoms with Crippen LogP contribution in [0.15, 0.2) is 65.8 Å². The number of thiazole rings is 1. The van der Waals surface area contributed by atoms with Crippen molar-refractivity contribution in [1.29, 1.82) is 0 Å². The molecule has 1 heterocycles. The van der Waals surface area contributed by atoms with Gasteiger partial charge in [-0.2, -0.15) is 0 Å². The van der Waals surface area contributed by atoms with Crippen LogP contribution in [0, 0.1) is 0 Å². The molecule has 0 saturated carbocycles. The molecule has 0 unspecified atom stereocenters. The Labute approximate surface area is 158 Å². The Kier molecular flexibility index (Phi) is 3.35. The molecular weight excluding hydrogens is 362 g/mol. The Morgan fingerprint density at radius 2 is 1.58 bits per heavy atom. The lowest BCUT2D eigenvalue weighted by Crippen LogP contribution is -2.27. The number of carbonyl (C=O) groups excluding carboxylic acids is 2. The second kappa shape index (κ2) is 5.62. The van der Waals surface area contributed by atoms with Gasteiger partial charge in [-0.1, -0.05) is 54.7 Å². The van der Waals surface area contributed by atoms with Gasteiger partial charge in [-0.25, -0.2) is 4.98 Å². The molecule has 0 bridgehead atoms. The molecule has 0 amide bonds. The highest BCUT2D eigenvalue weighted by Crippen LogP contribution is 2.40. The predicted octanol–water partition coefficient (Wildman–Crippen LogP) is 4.83. The van der Waals surface area contributed by atoms with Crippen molar-refractivity contribution in [3.63, 3.8) is 0 Å². The van der Waals surface area contributed by atoms with Gasteiger partial charge in [0, 0.05) is 39.1 Å². The highest BCUT2D eigenvalue weighted by atomic mass is 32.1. The molecule has 0 spiro atoms. The Morgan fingerprint density at radius 1 is 0.885 bits per heavy atom. The molecule has 0 aliphatic heterocycles. The first kappa shape index (κ1) is 15.5. The zero-order chi connectivity index (χ0) is 17.8. The number of aromatic nitrogens is 1. The Morgan fingerprint density at radius 3 is 2.35 bits per heavy atom. The van der Waals surface area contributed by atoms with E-state index < -0.39 is 0 Å². The number of Topliss-reactive ketones (excluding diaryl/α,β-unsaturated/α-hetero) is 2. The summed E-state index contributed by atoms with van der Waals surface area (Å²) in [6, 6.07) is 14.8. The molecule has 1 aromatic heterocycles. The Balaban J connectivity index is 1.82. The average molecular weight is 373 g/mol. The van der Waals surface area contributed by atoms with Gasteiger partial charge in [0.15, 0.2) is 11.6 Å². The van der Waals surface area contributed by atoms with Gasteiger partial charge in [0.25, 0.3) is 0 Å². The summed E-state index contributed by atoms with van der Waals surface area (Å²) in [6.45, 7) is 0. The number of rotatable bonds is 1. The number of carbonyl (C=O) groups is 2. The van der Waals surface area contributed by atoms with E-state index >= 15 is 0 Å². The quantitative estimate of drug-likeness (QED) is 0.573. The second-order valence-electron chi connectivity index (χ2n) is 6.19. The lowest BCUT2D eigenvalue weighted by molar-refractivity contribution is 0.0973. The number of benzene rings is 2. The number of nitrogens with zero attached hydrogens (tertiary/aromatic N) is 1. The van der Waals surface area contributed by atoms with Crippen LogP contribution in [0.5, 0.6) is 0 Å². The molecular formula is C21H11NO2S2. The summed E-state index contributed by atoms with van der Waals surface area (Å²) in [6.07, 6.45) is 2.26. The predicted molar refractivity (Wildman–Crippen MR) is 107 cm³/mol. The van der Waals surface area contributed by atoms with Crippen LogP contribution in [0.3, 0.4) is 0 Å². The molecule has 124 valence electrons. The topological polar surface area (TPSA) is 47.0 Å². The van der Waals surface area contributed by atoms with E-state index in [2.05, 4.69) is 4.98 Å². The normalized spacial score (nSPS) is 16.6. The molecule has 5 heteroatoms. The minimum absolute atomic E-state index is 0.115. The van der Waals surface area contributed by atoms with E-state index in [4.69, 9.17) is 12.2 Å². The standard InChI is InChI=1S/C21H11NO2S2/c23-19-11-5-1-2-6-12(11)20(24)17-13(19)9-10-15(25)18(17)21-22-14-7-3-4-8-16(14)26-21/h1-9H,10H2. The van der Waals surface area contributed by atoms with Crippen molar-refractivity contribution < 1.29 is 9.59 Å². The summed E-state index contributed by atoms with van der Waals surface area (Å²) in [5.74, 6) is -0.265. The van der Waals surface area contributed by atoms with Crippen molar-refractivity contribution in [1.82, 2.24) is 4.98 Å². The zero-order valence-electron chi connectivity index (χ0n) is 13.5. The van der Waals surface area contributed by atoms with Gasteiger partial charge in [-0.15, -0.1) is 11.3 Å². The van der Waals surface area contributed by atoms with Crippen molar-refractivity contribution in [3.05, 3.63) is 81.9 Å². The van der Waals surface area contributed by atoms with E-state index in [1.807, 2.05) is 24.3 Å². The van der Waals surface area contributed by atoms with Gasteiger partial charge in [0.1, 0.15) is 5.01 Å². The van der Waals surface area contributed by atoms with E-state index in [1.54, 1.807) is 30.3 Å². The van der Waals surface area contributed by atoms with Gasteiger partial charge in [0.05, 0.1) is 10.2 Å². The molecule has 2 aromatic carbocycles. The molecule has 0 saturated heterocycles. The number of thiocarbonyl (C=S) groups is 1. The Hall–Kier alpha value is -2.76. The van der Waals surface area contributed by atoms with Gasteiger partial charge in [-0.05, 0) is 12.1 Å². The molecule has 26 heavy (non-hydrogen) atoms. The second-order valence-corrected chi connectivity index (χ2v) is 7.71. The fourth-order valence-corrected chi connectivity index (χ4v) is 4.87. The molecule has 3 aromatic rings. The Bertz CT molecular complexity index is 1180. The van der Waals surface area contributed by atoms with Crippen LogP contribution in [0.25, 0.3) is 15.8 Å². The smallest absolute Gasteiger partial charge is 0.195 e. The summed E-state index contributed by atoms with van der Waals surface area (Å²) in [7, 11) is 0. The molecule has 2 aliphatic rings. The van der Waals surface area contributed by atoms with Crippen LogP contribution in [0.2, 0.25) is 0 Å². The van der Waals surface area contributed by atoms with E-state index in [1.165, 1.54) is 11.3 Å². The first-order chi connectivity index (χ1) is 12.6. The van der Waals surface area contributed by atoms with Gasteiger partial charge >= 0.3 is 0 Å². The van der Waals surface area contributed by atoms with Crippen LogP contribution in [-0.4, -0.2) is 21.4 Å². The molecule has 0 fully saturated rings. The molecule has 5 rings (SSSR count). The van der Waals surface area contributed by atoms with E-state index in [0.717, 1.165) is 10.2 Å². The van der Waals surface area contributed by atoms with Gasteiger partial charge < -0.3 is 0 Å². The molecule has 0 N–H and O–H groups in total. The van der Waals surface area contributed by atoms with E-state index in [0.29, 0.717) is 44.1 Å². The largest absolute Gasteiger partial charge is 0.289 e. The fraction of sp³-hybridized carbons (Fsp3) is 0.0476. The lowest BCUT2D eigenvalue weighted by atomic mass is 9.76. The highest BCUT2D eigenvalue weighted by molar-refractivity contribution is 7.81. The van der Waals surface area contributed by atoms with Crippen molar-refractivity contribution in [3.8, 4) is 0 Å². The number of fused-ring (bicyclic) bond motifs is 3. The van der Waals surface area contributed by atoms with Crippen LogP contribution < -0.4 is 0 Å².